The lowest BCUT2D eigenvalue weighted by Gasteiger charge is -2.21. The number of nitrogens with zero attached hydrogens (tertiary/aromatic N) is 1. The summed E-state index contributed by atoms with van der Waals surface area (Å²) in [6.45, 7) is 2.70. The molecule has 3 nitrogen and oxygen atoms in total. The summed E-state index contributed by atoms with van der Waals surface area (Å²) in [7, 11) is 1.87. The molecule has 2 N–H and O–H groups in total. The first-order valence-corrected chi connectivity index (χ1v) is 6.17. The van der Waals surface area contributed by atoms with Crippen molar-refractivity contribution in [1.82, 2.24) is 4.90 Å². The number of nitrogen functional groups attached to an aromatic ring is 1. The topological polar surface area (TPSA) is 46.3 Å². The van der Waals surface area contributed by atoms with Crippen molar-refractivity contribution in [3.63, 3.8) is 0 Å². The Morgan fingerprint density at radius 1 is 1.41 bits per heavy atom. The third-order valence-electron chi connectivity index (χ3n) is 3.49. The Hall–Kier alpha value is -1.51. The van der Waals surface area contributed by atoms with E-state index >= 15 is 0 Å². The molecule has 0 saturated heterocycles. The predicted molar refractivity (Wildman–Crippen MR) is 69.2 cm³/mol. The molecule has 1 aliphatic carbocycles. The maximum absolute atomic E-state index is 12.1. The van der Waals surface area contributed by atoms with Gasteiger partial charge >= 0.3 is 0 Å². The van der Waals surface area contributed by atoms with Crippen LogP contribution in [0.2, 0.25) is 0 Å². The average Bonchev–Trinajstić information content (AvgIpc) is 3.14. The van der Waals surface area contributed by atoms with Crippen LogP contribution in [0.15, 0.2) is 24.3 Å². The molecule has 1 saturated carbocycles. The lowest BCUT2D eigenvalue weighted by Crippen LogP contribution is -2.32. The van der Waals surface area contributed by atoms with E-state index < -0.39 is 0 Å². The molecular weight excluding hydrogens is 212 g/mol. The molecule has 0 radical (unpaired) electrons. The highest BCUT2D eigenvalue weighted by atomic mass is 16.2. The van der Waals surface area contributed by atoms with Gasteiger partial charge in [-0.25, -0.2) is 0 Å². The van der Waals surface area contributed by atoms with E-state index in [1.54, 1.807) is 0 Å². The molecule has 0 heterocycles. The molecule has 0 aromatic heterocycles. The number of rotatable bonds is 4. The van der Waals surface area contributed by atoms with Gasteiger partial charge in [-0.2, -0.15) is 0 Å². The van der Waals surface area contributed by atoms with Crippen molar-refractivity contribution in [3.8, 4) is 0 Å². The van der Waals surface area contributed by atoms with Crippen LogP contribution in [-0.2, 0) is 11.3 Å². The van der Waals surface area contributed by atoms with Gasteiger partial charge in [-0.05, 0) is 36.5 Å². The fourth-order valence-corrected chi connectivity index (χ4v) is 2.12. The van der Waals surface area contributed by atoms with E-state index in [1.807, 2.05) is 43.1 Å². The Kier molecular flexibility index (Phi) is 3.36. The van der Waals surface area contributed by atoms with Crippen LogP contribution >= 0.6 is 0 Å². The summed E-state index contributed by atoms with van der Waals surface area (Å²) < 4.78 is 0. The second-order valence-electron chi connectivity index (χ2n) is 5.06. The quantitative estimate of drug-likeness (QED) is 0.809. The van der Waals surface area contributed by atoms with Gasteiger partial charge in [0.2, 0.25) is 5.91 Å². The van der Waals surface area contributed by atoms with Gasteiger partial charge in [-0.15, -0.1) is 0 Å². The molecule has 0 bridgehead atoms. The number of hydrogen-bond donors (Lipinski definition) is 1. The van der Waals surface area contributed by atoms with Gasteiger partial charge in [-0.1, -0.05) is 19.1 Å². The Morgan fingerprint density at radius 3 is 2.53 bits per heavy atom. The van der Waals surface area contributed by atoms with Gasteiger partial charge in [0.1, 0.15) is 0 Å². The third kappa shape index (κ3) is 2.99. The summed E-state index contributed by atoms with van der Waals surface area (Å²) >= 11 is 0. The minimum absolute atomic E-state index is 0.175. The van der Waals surface area contributed by atoms with Crippen molar-refractivity contribution >= 4 is 11.6 Å². The van der Waals surface area contributed by atoms with Crippen molar-refractivity contribution in [2.24, 2.45) is 11.8 Å². The minimum Gasteiger partial charge on any atom is -0.399 e. The smallest absolute Gasteiger partial charge is 0.225 e. The number of anilines is 1. The first-order chi connectivity index (χ1) is 8.08. The van der Waals surface area contributed by atoms with Crippen molar-refractivity contribution < 1.29 is 4.79 Å². The highest BCUT2D eigenvalue weighted by Gasteiger charge is 2.33. The van der Waals surface area contributed by atoms with Crippen LogP contribution < -0.4 is 5.73 Å². The second kappa shape index (κ2) is 4.78. The van der Waals surface area contributed by atoms with Crippen LogP contribution in [0.25, 0.3) is 0 Å². The molecule has 1 amide bonds. The van der Waals surface area contributed by atoms with Crippen LogP contribution in [0, 0.1) is 11.8 Å². The number of nitrogens with two attached hydrogens (primary N) is 1. The zero-order chi connectivity index (χ0) is 12.4. The second-order valence-corrected chi connectivity index (χ2v) is 5.06. The molecule has 3 heteroatoms. The molecule has 2 rings (SSSR count). The summed E-state index contributed by atoms with van der Waals surface area (Å²) in [4.78, 5) is 13.9. The van der Waals surface area contributed by atoms with Crippen molar-refractivity contribution in [2.45, 2.75) is 26.3 Å². The first-order valence-electron chi connectivity index (χ1n) is 6.17. The minimum atomic E-state index is 0.175. The first kappa shape index (κ1) is 12.0. The Bertz CT molecular complexity index is 395. The Balaban J connectivity index is 1.93. The van der Waals surface area contributed by atoms with Gasteiger partial charge in [-0.3, -0.25) is 4.79 Å². The van der Waals surface area contributed by atoms with E-state index in [4.69, 9.17) is 5.73 Å². The maximum atomic E-state index is 12.1. The molecule has 0 aliphatic heterocycles. The fourth-order valence-electron chi connectivity index (χ4n) is 2.12. The van der Waals surface area contributed by atoms with Gasteiger partial charge < -0.3 is 10.6 Å². The fraction of sp³-hybridized carbons (Fsp3) is 0.500. The van der Waals surface area contributed by atoms with Gasteiger partial charge in [0.25, 0.3) is 0 Å². The summed E-state index contributed by atoms with van der Waals surface area (Å²) in [5.74, 6) is 1.05. The molecular formula is C14H20N2O. The zero-order valence-electron chi connectivity index (χ0n) is 10.5. The highest BCUT2D eigenvalue weighted by Crippen LogP contribution is 2.37. The monoisotopic (exact) mass is 232 g/mol. The molecule has 0 spiro atoms. The summed E-state index contributed by atoms with van der Waals surface area (Å²) in [5.41, 5.74) is 7.51. The summed E-state index contributed by atoms with van der Waals surface area (Å²) in [5, 5.41) is 0. The van der Waals surface area contributed by atoms with Crippen LogP contribution in [-0.4, -0.2) is 17.9 Å². The van der Waals surface area contributed by atoms with Crippen LogP contribution in [0.3, 0.4) is 0 Å². The van der Waals surface area contributed by atoms with Crippen molar-refractivity contribution in [2.75, 3.05) is 12.8 Å². The Labute approximate surface area is 103 Å². The Morgan fingerprint density at radius 2 is 2.00 bits per heavy atom. The molecule has 1 fully saturated rings. The molecule has 1 aromatic carbocycles. The maximum Gasteiger partial charge on any atom is 0.225 e. The summed E-state index contributed by atoms with van der Waals surface area (Å²) in [6, 6.07) is 7.69. The van der Waals surface area contributed by atoms with E-state index in [1.165, 1.54) is 12.8 Å². The van der Waals surface area contributed by atoms with E-state index in [-0.39, 0.29) is 11.8 Å². The molecule has 92 valence electrons. The lowest BCUT2D eigenvalue weighted by molar-refractivity contribution is -0.134. The van der Waals surface area contributed by atoms with E-state index in [9.17, 15) is 4.79 Å². The molecule has 17 heavy (non-hydrogen) atoms. The average molecular weight is 232 g/mol. The molecule has 1 unspecified atom stereocenters. The SMILES string of the molecule is CC(C(=O)N(C)Cc1ccc(N)cc1)C1CC1. The molecule has 1 atom stereocenters. The molecule has 1 aromatic rings. The number of amides is 1. The number of benzene rings is 1. The standard InChI is InChI=1S/C14H20N2O/c1-10(12-5-6-12)14(17)16(2)9-11-3-7-13(15)8-4-11/h3-4,7-8,10,12H,5-6,9,15H2,1-2H3. The van der Waals surface area contributed by atoms with Gasteiger partial charge in [0.15, 0.2) is 0 Å². The van der Waals surface area contributed by atoms with Crippen LogP contribution in [0.4, 0.5) is 5.69 Å². The number of carbonyl (C=O) groups is 1. The number of carbonyl (C=O) groups excluding carboxylic acids is 1. The molecule has 1 aliphatic rings. The largest absolute Gasteiger partial charge is 0.399 e. The zero-order valence-corrected chi connectivity index (χ0v) is 10.5. The van der Waals surface area contributed by atoms with E-state index in [0.717, 1.165) is 11.3 Å². The van der Waals surface area contributed by atoms with Crippen LogP contribution in [0.1, 0.15) is 25.3 Å². The number of hydrogen-bond acceptors (Lipinski definition) is 2. The van der Waals surface area contributed by atoms with E-state index in [0.29, 0.717) is 12.5 Å². The normalized spacial score (nSPS) is 16.6. The van der Waals surface area contributed by atoms with E-state index in [2.05, 4.69) is 0 Å². The lowest BCUT2D eigenvalue weighted by atomic mass is 10.0. The predicted octanol–water partition coefficient (Wildman–Crippen LogP) is 2.27. The highest BCUT2D eigenvalue weighted by molar-refractivity contribution is 5.78. The van der Waals surface area contributed by atoms with Crippen molar-refractivity contribution in [1.29, 1.82) is 0 Å². The third-order valence-corrected chi connectivity index (χ3v) is 3.49. The van der Waals surface area contributed by atoms with Crippen molar-refractivity contribution in [3.05, 3.63) is 29.8 Å². The van der Waals surface area contributed by atoms with Gasteiger partial charge in [0.05, 0.1) is 0 Å². The van der Waals surface area contributed by atoms with Crippen LogP contribution in [0.5, 0.6) is 0 Å². The summed E-state index contributed by atoms with van der Waals surface area (Å²) in [6.07, 6.45) is 2.42. The van der Waals surface area contributed by atoms with Gasteiger partial charge in [0, 0.05) is 25.2 Å².